The van der Waals surface area contributed by atoms with Gasteiger partial charge in [0.1, 0.15) is 0 Å². The highest BCUT2D eigenvalue weighted by atomic mass is 79.9. The Morgan fingerprint density at radius 3 is 2.14 bits per heavy atom. The summed E-state index contributed by atoms with van der Waals surface area (Å²) in [6.45, 7) is 5.47. The molecule has 1 saturated heterocycles. The summed E-state index contributed by atoms with van der Waals surface area (Å²) in [5.74, 6) is -3.80. The molecule has 0 saturated carbocycles. The molecule has 1 heterocycles. The van der Waals surface area contributed by atoms with Gasteiger partial charge in [-0.3, -0.25) is 45.3 Å². The second-order valence-corrected chi connectivity index (χ2v) is 10.2. The lowest BCUT2D eigenvalue weighted by molar-refractivity contribution is -0.152. The van der Waals surface area contributed by atoms with Crippen LogP contribution in [0.2, 0.25) is 0 Å². The van der Waals surface area contributed by atoms with Crippen LogP contribution in [-0.2, 0) is 24.5 Å². The molecule has 0 radical (unpaired) electrons. The Hall–Kier alpha value is -3.73. The molecule has 4 amide bonds. The van der Waals surface area contributed by atoms with Crippen LogP contribution in [0.5, 0.6) is 0 Å². The average Bonchev–Trinajstić information content (AvgIpc) is 3.21. The van der Waals surface area contributed by atoms with Crippen molar-refractivity contribution in [3.63, 3.8) is 0 Å². The average molecular weight is 559 g/mol. The van der Waals surface area contributed by atoms with E-state index in [0.29, 0.717) is 11.1 Å². The van der Waals surface area contributed by atoms with Crippen molar-refractivity contribution in [2.75, 3.05) is 13.2 Å². The number of amides is 4. The highest BCUT2D eigenvalue weighted by molar-refractivity contribution is 9.10. The maximum absolute atomic E-state index is 12.5. The van der Waals surface area contributed by atoms with Crippen molar-refractivity contribution in [1.82, 2.24) is 21.3 Å². The molecule has 0 unspecified atom stereocenters. The summed E-state index contributed by atoms with van der Waals surface area (Å²) in [5.41, 5.74) is 8.60. The largest absolute Gasteiger partial charge is 0.455 e. The Morgan fingerprint density at radius 1 is 0.944 bits per heavy atom. The van der Waals surface area contributed by atoms with Gasteiger partial charge >= 0.3 is 5.97 Å². The number of carbonyl (C=O) groups is 5. The number of hydrogen-bond acceptors (Lipinski definition) is 6. The predicted octanol–water partition coefficient (Wildman–Crippen LogP) is 2.24. The van der Waals surface area contributed by atoms with Gasteiger partial charge in [-0.25, -0.2) is 0 Å². The molecular weight excluding hydrogens is 532 g/mol. The molecule has 0 spiro atoms. The summed E-state index contributed by atoms with van der Waals surface area (Å²) in [6.07, 6.45) is -0.163. The number of hydrogen-bond donors (Lipinski definition) is 3. The Balaban J connectivity index is 1.43. The van der Waals surface area contributed by atoms with Crippen molar-refractivity contribution in [2.45, 2.75) is 32.6 Å². The number of benzene rings is 2. The molecule has 36 heavy (non-hydrogen) atoms. The third kappa shape index (κ3) is 7.14. The minimum absolute atomic E-state index is 0.0600. The summed E-state index contributed by atoms with van der Waals surface area (Å²) >= 11 is 3.26. The predicted molar refractivity (Wildman–Crippen MR) is 133 cm³/mol. The molecule has 0 bridgehead atoms. The molecule has 0 aliphatic carbocycles. The molecule has 1 aliphatic rings. The van der Waals surface area contributed by atoms with E-state index in [0.717, 1.165) is 15.0 Å². The van der Waals surface area contributed by atoms with E-state index >= 15 is 0 Å². The maximum Gasteiger partial charge on any atom is 0.311 e. The van der Waals surface area contributed by atoms with Gasteiger partial charge in [0, 0.05) is 22.0 Å². The highest BCUT2D eigenvalue weighted by Crippen LogP contribution is 2.22. The first-order valence-electron chi connectivity index (χ1n) is 11.2. The summed E-state index contributed by atoms with van der Waals surface area (Å²) in [6, 6.07) is 13.5. The fourth-order valence-corrected chi connectivity index (χ4v) is 3.64. The molecule has 3 N–H and O–H groups in total. The number of carbonyl (C=O) groups excluding carboxylic acids is 5. The van der Waals surface area contributed by atoms with Gasteiger partial charge in [-0.2, -0.15) is 0 Å². The van der Waals surface area contributed by atoms with Crippen molar-refractivity contribution >= 4 is 45.5 Å². The molecule has 1 aliphatic heterocycles. The Kier molecular flexibility index (Phi) is 8.46. The molecule has 0 aromatic heterocycles. The van der Waals surface area contributed by atoms with E-state index in [9.17, 15) is 24.0 Å². The standard InChI is InChI=1S/C25H27BrN4O6/c1-25(2,3)18-8-4-16(5-9-18)23(34)29-30-13-17(12-21(30)32)24(35)36-14-20(31)27-28-22(33)15-6-10-19(26)11-7-15/h4-11,17H,12-14H2,1-3H3,(H,27,31)(H,28,33)(H,29,34)/t17-/m0/s1. The molecule has 11 heteroatoms. The lowest BCUT2D eigenvalue weighted by atomic mass is 9.87. The van der Waals surface area contributed by atoms with Gasteiger partial charge in [0.05, 0.1) is 12.5 Å². The first-order chi connectivity index (χ1) is 16.9. The normalized spacial score (nSPS) is 15.3. The van der Waals surface area contributed by atoms with Gasteiger partial charge in [-0.1, -0.05) is 48.8 Å². The summed E-state index contributed by atoms with van der Waals surface area (Å²) in [4.78, 5) is 61.1. The zero-order valence-corrected chi connectivity index (χ0v) is 21.7. The van der Waals surface area contributed by atoms with Crippen LogP contribution in [0.25, 0.3) is 0 Å². The van der Waals surface area contributed by atoms with E-state index in [1.165, 1.54) is 0 Å². The summed E-state index contributed by atoms with van der Waals surface area (Å²) in [5, 5.41) is 1.07. The minimum atomic E-state index is -0.841. The second kappa shape index (κ2) is 11.3. The molecule has 2 aromatic carbocycles. The Morgan fingerprint density at radius 2 is 1.53 bits per heavy atom. The number of nitrogens with one attached hydrogen (secondary N) is 3. The van der Waals surface area contributed by atoms with Gasteiger partial charge in [-0.15, -0.1) is 0 Å². The van der Waals surface area contributed by atoms with Crippen LogP contribution in [-0.4, -0.2) is 47.8 Å². The number of hydrazine groups is 2. The first-order valence-corrected chi connectivity index (χ1v) is 12.0. The minimum Gasteiger partial charge on any atom is -0.455 e. The van der Waals surface area contributed by atoms with E-state index in [1.807, 2.05) is 12.1 Å². The Labute approximate surface area is 216 Å². The molecule has 1 fully saturated rings. The molecule has 1 atom stereocenters. The zero-order chi connectivity index (χ0) is 26.5. The van der Waals surface area contributed by atoms with Crippen LogP contribution in [0, 0.1) is 5.92 Å². The number of nitrogens with zero attached hydrogens (tertiary/aromatic N) is 1. The fraction of sp³-hybridized carbons (Fsp3) is 0.320. The van der Waals surface area contributed by atoms with E-state index in [4.69, 9.17) is 4.74 Å². The van der Waals surface area contributed by atoms with Crippen molar-refractivity contribution < 1.29 is 28.7 Å². The zero-order valence-electron chi connectivity index (χ0n) is 20.1. The first kappa shape index (κ1) is 26.9. The van der Waals surface area contributed by atoms with Crippen LogP contribution < -0.4 is 16.3 Å². The molecule has 190 valence electrons. The summed E-state index contributed by atoms with van der Waals surface area (Å²) in [7, 11) is 0. The highest BCUT2D eigenvalue weighted by Gasteiger charge is 2.36. The third-order valence-electron chi connectivity index (χ3n) is 5.48. The van der Waals surface area contributed by atoms with Gasteiger partial charge < -0.3 is 4.74 Å². The van der Waals surface area contributed by atoms with Gasteiger partial charge in [-0.05, 0) is 47.4 Å². The smallest absolute Gasteiger partial charge is 0.311 e. The van der Waals surface area contributed by atoms with Crippen LogP contribution >= 0.6 is 15.9 Å². The van der Waals surface area contributed by atoms with Crippen LogP contribution in [0.4, 0.5) is 0 Å². The quantitative estimate of drug-likeness (QED) is 0.367. The van der Waals surface area contributed by atoms with E-state index < -0.39 is 42.1 Å². The van der Waals surface area contributed by atoms with Crippen LogP contribution in [0.15, 0.2) is 53.0 Å². The van der Waals surface area contributed by atoms with E-state index in [2.05, 4.69) is 53.0 Å². The molecule has 10 nitrogen and oxygen atoms in total. The molecular formula is C25H27BrN4O6. The van der Waals surface area contributed by atoms with Crippen molar-refractivity contribution in [1.29, 1.82) is 0 Å². The van der Waals surface area contributed by atoms with Gasteiger partial charge in [0.2, 0.25) is 5.91 Å². The number of esters is 1. The van der Waals surface area contributed by atoms with Crippen LogP contribution in [0.1, 0.15) is 53.5 Å². The Bertz CT molecular complexity index is 1160. The van der Waals surface area contributed by atoms with E-state index in [1.54, 1.807) is 36.4 Å². The van der Waals surface area contributed by atoms with Gasteiger partial charge in [0.25, 0.3) is 17.7 Å². The molecule has 2 aromatic rings. The SMILES string of the molecule is CC(C)(C)c1ccc(C(=O)NN2C[C@@H](C(=O)OCC(=O)NNC(=O)c3ccc(Br)cc3)CC2=O)cc1. The number of halogens is 1. The second-order valence-electron chi connectivity index (χ2n) is 9.29. The van der Waals surface area contributed by atoms with Crippen LogP contribution in [0.3, 0.4) is 0 Å². The van der Waals surface area contributed by atoms with Crippen molar-refractivity contribution in [2.24, 2.45) is 5.92 Å². The topological polar surface area (TPSA) is 134 Å². The number of rotatable bonds is 6. The fourth-order valence-electron chi connectivity index (χ4n) is 3.37. The lowest BCUT2D eigenvalue weighted by Crippen LogP contribution is -2.44. The van der Waals surface area contributed by atoms with E-state index in [-0.39, 0.29) is 18.4 Å². The van der Waals surface area contributed by atoms with Crippen molar-refractivity contribution in [3.05, 3.63) is 69.7 Å². The monoisotopic (exact) mass is 558 g/mol. The third-order valence-corrected chi connectivity index (χ3v) is 6.00. The van der Waals surface area contributed by atoms with Gasteiger partial charge in [0.15, 0.2) is 6.61 Å². The lowest BCUT2D eigenvalue weighted by Gasteiger charge is -2.20. The number of ether oxygens (including phenoxy) is 1. The molecule has 3 rings (SSSR count). The maximum atomic E-state index is 12.5. The summed E-state index contributed by atoms with van der Waals surface area (Å²) < 4.78 is 5.77. The van der Waals surface area contributed by atoms with Crippen molar-refractivity contribution in [3.8, 4) is 0 Å².